The van der Waals surface area contributed by atoms with E-state index in [0.717, 1.165) is 33.2 Å². The minimum absolute atomic E-state index is 0.0793. The van der Waals surface area contributed by atoms with Crippen molar-refractivity contribution in [3.8, 4) is 17.2 Å². The zero-order chi connectivity index (χ0) is 27.4. The van der Waals surface area contributed by atoms with Crippen LogP contribution in [0.4, 0.5) is 11.4 Å². The van der Waals surface area contributed by atoms with Crippen molar-refractivity contribution in [3.05, 3.63) is 133 Å². The van der Waals surface area contributed by atoms with Crippen LogP contribution in [-0.2, 0) is 4.79 Å². The van der Waals surface area contributed by atoms with Gasteiger partial charge < -0.3 is 24.8 Å². The van der Waals surface area contributed by atoms with E-state index in [2.05, 4.69) is 0 Å². The lowest BCUT2D eigenvalue weighted by Crippen LogP contribution is -2.47. The van der Waals surface area contributed by atoms with E-state index in [9.17, 15) is 20.1 Å². The smallest absolute Gasteiger partial charge is 0.197 e. The molecule has 7 rings (SSSR count). The average Bonchev–Trinajstić information content (AvgIpc) is 3.33. The van der Waals surface area contributed by atoms with Crippen molar-refractivity contribution >= 4 is 44.5 Å². The molecule has 0 fully saturated rings. The summed E-state index contributed by atoms with van der Waals surface area (Å²) in [4.78, 5) is 15.4. The summed E-state index contributed by atoms with van der Waals surface area (Å²) in [5.41, 5.74) is 3.65. The number of fused-ring (bicyclic) bond motifs is 3. The summed E-state index contributed by atoms with van der Waals surface area (Å²) in [6, 6.07) is 36.5. The van der Waals surface area contributed by atoms with Crippen molar-refractivity contribution in [2.24, 2.45) is 0 Å². The Morgan fingerprint density at radius 3 is 1.52 bits per heavy atom. The van der Waals surface area contributed by atoms with Crippen LogP contribution in [0.25, 0.3) is 33.1 Å². The summed E-state index contributed by atoms with van der Waals surface area (Å²) >= 11 is 0. The van der Waals surface area contributed by atoms with Crippen LogP contribution in [0.5, 0.6) is 11.5 Å². The number of aliphatic hydroxyl groups is 1. The molecule has 1 aliphatic carbocycles. The zero-order valence-electron chi connectivity index (χ0n) is 21.3. The molecule has 3 N–H and O–H groups in total. The maximum atomic E-state index is 13.6. The zero-order valence-corrected chi connectivity index (χ0v) is 21.3. The summed E-state index contributed by atoms with van der Waals surface area (Å²) in [7, 11) is 0. The highest BCUT2D eigenvalue weighted by Gasteiger charge is 2.46. The number of carbonyl (C=O) groups is 1. The molecule has 194 valence electrons. The van der Waals surface area contributed by atoms with E-state index in [1.165, 1.54) is 12.1 Å². The number of carbonyl (C=O) groups excluding carboxylic acids is 1. The van der Waals surface area contributed by atoms with Crippen LogP contribution in [0.1, 0.15) is 5.56 Å². The molecule has 40 heavy (non-hydrogen) atoms. The molecule has 0 aliphatic heterocycles. The van der Waals surface area contributed by atoms with E-state index in [1.54, 1.807) is 4.90 Å². The van der Waals surface area contributed by atoms with Gasteiger partial charge in [-0.25, -0.2) is 0 Å². The second kappa shape index (κ2) is 9.06. The van der Waals surface area contributed by atoms with Crippen molar-refractivity contribution in [1.29, 1.82) is 0 Å². The number of aromatic nitrogens is 1. The molecule has 0 bridgehead atoms. The van der Waals surface area contributed by atoms with E-state index in [4.69, 9.17) is 0 Å². The number of nitrogens with zero attached hydrogens (tertiary/aromatic N) is 2. The molecule has 5 aromatic carbocycles. The number of ketones is 1. The predicted octanol–water partition coefficient (Wildman–Crippen LogP) is 7.25. The van der Waals surface area contributed by atoms with Gasteiger partial charge >= 0.3 is 0 Å². The molecule has 6 heteroatoms. The van der Waals surface area contributed by atoms with Gasteiger partial charge in [-0.2, -0.15) is 0 Å². The lowest BCUT2D eigenvalue weighted by molar-refractivity contribution is -0.116. The molecule has 0 radical (unpaired) electrons. The quantitative estimate of drug-likeness (QED) is 0.221. The Kier molecular flexibility index (Phi) is 5.35. The molecule has 1 aromatic heterocycles. The maximum Gasteiger partial charge on any atom is 0.197 e. The summed E-state index contributed by atoms with van der Waals surface area (Å²) in [5, 5.41) is 35.7. The third-order valence-corrected chi connectivity index (χ3v) is 7.51. The van der Waals surface area contributed by atoms with Crippen LogP contribution in [0.3, 0.4) is 0 Å². The van der Waals surface area contributed by atoms with Crippen LogP contribution in [0.15, 0.2) is 127 Å². The van der Waals surface area contributed by atoms with Crippen LogP contribution in [0, 0.1) is 0 Å². The second-order valence-corrected chi connectivity index (χ2v) is 9.80. The summed E-state index contributed by atoms with van der Waals surface area (Å²) in [6.45, 7) is 0. The summed E-state index contributed by atoms with van der Waals surface area (Å²) in [6.07, 6.45) is 0. The Hall–Kier alpha value is -5.49. The molecule has 6 nitrogen and oxygen atoms in total. The highest BCUT2D eigenvalue weighted by atomic mass is 16.3. The van der Waals surface area contributed by atoms with Gasteiger partial charge in [0.1, 0.15) is 17.3 Å². The van der Waals surface area contributed by atoms with Gasteiger partial charge in [0.2, 0.25) is 0 Å². The first-order valence-corrected chi connectivity index (χ1v) is 13.0. The number of Topliss-reactive ketones (excluding diaryl/α,β-unsaturated/α-hetero) is 1. The van der Waals surface area contributed by atoms with E-state index >= 15 is 0 Å². The number of para-hydroxylation sites is 4. The number of phenolic OH excluding ortho intramolecular Hbond substituents is 2. The van der Waals surface area contributed by atoms with Gasteiger partial charge in [-0.05, 0) is 36.4 Å². The molecule has 0 spiro atoms. The number of anilines is 2. The molecular weight excluding hydrogens is 500 g/mol. The Morgan fingerprint density at radius 2 is 1.05 bits per heavy atom. The van der Waals surface area contributed by atoms with Crippen molar-refractivity contribution in [3.63, 3.8) is 0 Å². The first kappa shape index (κ1) is 23.6. The lowest BCUT2D eigenvalue weighted by atomic mass is 9.81. The largest absolute Gasteiger partial charge is 0.509 e. The Balaban J connectivity index is 1.35. The highest BCUT2D eigenvalue weighted by Crippen LogP contribution is 2.47. The minimum Gasteiger partial charge on any atom is -0.509 e. The normalized spacial score (nSPS) is 15.0. The second-order valence-electron chi connectivity index (χ2n) is 9.80. The summed E-state index contributed by atoms with van der Waals surface area (Å²) in [5.74, 6) is -1.21. The molecule has 1 atom stereocenters. The molecule has 6 aromatic rings. The molecule has 1 heterocycles. The number of rotatable bonds is 5. The van der Waals surface area contributed by atoms with Gasteiger partial charge in [0.05, 0.1) is 27.9 Å². The average molecular weight is 525 g/mol. The topological polar surface area (TPSA) is 85.9 Å². The van der Waals surface area contributed by atoms with Gasteiger partial charge in [0, 0.05) is 34.3 Å². The Bertz CT molecular complexity index is 1840. The molecule has 1 unspecified atom stereocenters. The Morgan fingerprint density at radius 1 is 0.600 bits per heavy atom. The van der Waals surface area contributed by atoms with E-state index < -0.39 is 11.8 Å². The number of hydrogen-bond acceptors (Lipinski definition) is 5. The highest BCUT2D eigenvalue weighted by molar-refractivity contribution is 6.34. The lowest BCUT2D eigenvalue weighted by Gasteiger charge is -2.38. The SMILES string of the molecule is O=C1C(c2c(O)cc(-n3c4ccccc4c4ccccc43)cc2O)=C(O)C1N(c1ccccc1)c1ccccc1. The number of aliphatic hydroxyl groups excluding tert-OH is 1. The van der Waals surface area contributed by atoms with Crippen molar-refractivity contribution in [1.82, 2.24) is 4.57 Å². The fourth-order valence-electron chi connectivity index (χ4n) is 5.74. The van der Waals surface area contributed by atoms with E-state index in [-0.39, 0.29) is 28.4 Å². The van der Waals surface area contributed by atoms with E-state index in [0.29, 0.717) is 5.69 Å². The van der Waals surface area contributed by atoms with Crippen LogP contribution in [0.2, 0.25) is 0 Å². The molecule has 0 saturated heterocycles. The van der Waals surface area contributed by atoms with Crippen molar-refractivity contribution < 1.29 is 20.1 Å². The van der Waals surface area contributed by atoms with Crippen LogP contribution >= 0.6 is 0 Å². The molecule has 0 saturated carbocycles. The van der Waals surface area contributed by atoms with Crippen molar-refractivity contribution in [2.75, 3.05) is 4.90 Å². The Labute approximate surface area is 229 Å². The van der Waals surface area contributed by atoms with Gasteiger partial charge in [0.15, 0.2) is 11.8 Å². The van der Waals surface area contributed by atoms with E-state index in [1.807, 2.05) is 114 Å². The third-order valence-electron chi connectivity index (χ3n) is 7.51. The number of phenols is 2. The standard InChI is InChI=1S/C34H24N2O4/c37-28-19-23(36-26-17-9-7-15-24(26)25-16-8-10-18-27(25)36)20-29(38)30(28)31-33(39)32(34(31)40)35(21-11-3-1-4-12-21)22-13-5-2-6-14-22/h1-20,32,37-39H. The van der Waals surface area contributed by atoms with Gasteiger partial charge in [0.25, 0.3) is 0 Å². The fraction of sp³-hybridized carbons (Fsp3) is 0.0294. The third kappa shape index (κ3) is 3.47. The number of hydrogen-bond donors (Lipinski definition) is 3. The maximum absolute atomic E-state index is 13.6. The monoisotopic (exact) mass is 524 g/mol. The summed E-state index contributed by atoms with van der Waals surface area (Å²) < 4.78 is 1.96. The minimum atomic E-state index is -0.990. The fourth-order valence-corrected chi connectivity index (χ4v) is 5.74. The molecule has 1 aliphatic rings. The van der Waals surface area contributed by atoms with Crippen molar-refractivity contribution in [2.45, 2.75) is 6.04 Å². The van der Waals surface area contributed by atoms with Gasteiger partial charge in [-0.3, -0.25) is 4.79 Å². The number of benzene rings is 5. The van der Waals surface area contributed by atoms with Gasteiger partial charge in [-0.15, -0.1) is 0 Å². The van der Waals surface area contributed by atoms with Crippen LogP contribution in [-0.4, -0.2) is 31.7 Å². The van der Waals surface area contributed by atoms with Crippen LogP contribution < -0.4 is 4.90 Å². The predicted molar refractivity (Wildman–Crippen MR) is 157 cm³/mol. The molecule has 0 amide bonds. The number of aromatic hydroxyl groups is 2. The molecular formula is C34H24N2O4. The first-order chi connectivity index (χ1) is 19.5. The first-order valence-electron chi connectivity index (χ1n) is 13.0. The van der Waals surface area contributed by atoms with Gasteiger partial charge in [-0.1, -0.05) is 72.8 Å².